The van der Waals surface area contributed by atoms with Crippen LogP contribution in [0.4, 0.5) is 11.4 Å². The molecule has 2 aromatic rings. The Labute approximate surface area is 126 Å². The molecule has 1 amide bonds. The number of benzene rings is 1. The average Bonchev–Trinajstić information content (AvgIpc) is 2.47. The number of carbonyl (C=O) groups is 1. The van der Waals surface area contributed by atoms with Gasteiger partial charge in [0, 0.05) is 28.5 Å². The lowest BCUT2D eigenvalue weighted by molar-refractivity contribution is -0.115. The van der Waals surface area contributed by atoms with Crippen molar-refractivity contribution >= 4 is 33.2 Å². The number of pyridine rings is 1. The number of hydrogen-bond acceptors (Lipinski definition) is 3. The molecule has 5 heteroatoms. The van der Waals surface area contributed by atoms with Crippen LogP contribution in [0.15, 0.2) is 47.1 Å². The number of amides is 1. The van der Waals surface area contributed by atoms with Gasteiger partial charge < -0.3 is 10.6 Å². The van der Waals surface area contributed by atoms with Crippen LogP contribution in [0.2, 0.25) is 0 Å². The summed E-state index contributed by atoms with van der Waals surface area (Å²) >= 11 is 3.36. The van der Waals surface area contributed by atoms with E-state index >= 15 is 0 Å². The average molecular weight is 334 g/mol. The van der Waals surface area contributed by atoms with Crippen molar-refractivity contribution in [3.8, 4) is 0 Å². The molecule has 0 spiro atoms. The maximum Gasteiger partial charge on any atom is 0.224 e. The number of rotatable bonds is 5. The molecule has 0 fully saturated rings. The Hall–Kier alpha value is -1.88. The fourth-order valence-electron chi connectivity index (χ4n) is 1.66. The number of hydrogen-bond donors (Lipinski definition) is 2. The van der Waals surface area contributed by atoms with Crippen LogP contribution < -0.4 is 10.6 Å². The molecule has 1 heterocycles. The van der Waals surface area contributed by atoms with Gasteiger partial charge in [0.15, 0.2) is 0 Å². The standard InChI is InChI=1S/C15H16BrN3O/c1-2-15(20)19-13-5-3-4-12(8-13)18-10-14-7-6-11(16)9-17-14/h3-9,18H,2,10H2,1H3,(H,19,20). The number of anilines is 2. The van der Waals surface area contributed by atoms with Gasteiger partial charge in [-0.05, 0) is 46.3 Å². The van der Waals surface area contributed by atoms with Crippen molar-refractivity contribution in [2.24, 2.45) is 0 Å². The monoisotopic (exact) mass is 333 g/mol. The van der Waals surface area contributed by atoms with E-state index in [2.05, 4.69) is 31.5 Å². The first-order chi connectivity index (χ1) is 9.67. The molecule has 104 valence electrons. The van der Waals surface area contributed by atoms with Crippen molar-refractivity contribution in [2.45, 2.75) is 19.9 Å². The molecule has 0 bridgehead atoms. The number of nitrogens with one attached hydrogen (secondary N) is 2. The van der Waals surface area contributed by atoms with E-state index in [1.54, 1.807) is 6.20 Å². The van der Waals surface area contributed by atoms with Gasteiger partial charge >= 0.3 is 0 Å². The van der Waals surface area contributed by atoms with E-state index in [4.69, 9.17) is 0 Å². The van der Waals surface area contributed by atoms with Crippen LogP contribution >= 0.6 is 15.9 Å². The summed E-state index contributed by atoms with van der Waals surface area (Å²) in [4.78, 5) is 15.7. The number of aromatic nitrogens is 1. The molecule has 0 saturated carbocycles. The molecule has 0 aliphatic rings. The van der Waals surface area contributed by atoms with Crippen LogP contribution in [-0.2, 0) is 11.3 Å². The van der Waals surface area contributed by atoms with Crippen LogP contribution in [0.1, 0.15) is 19.0 Å². The van der Waals surface area contributed by atoms with Crippen LogP contribution in [-0.4, -0.2) is 10.9 Å². The Morgan fingerprint density at radius 1 is 1.25 bits per heavy atom. The summed E-state index contributed by atoms with van der Waals surface area (Å²) in [5, 5.41) is 6.12. The van der Waals surface area contributed by atoms with E-state index in [0.29, 0.717) is 13.0 Å². The van der Waals surface area contributed by atoms with E-state index in [9.17, 15) is 4.79 Å². The van der Waals surface area contributed by atoms with E-state index in [1.165, 1.54) is 0 Å². The van der Waals surface area contributed by atoms with Crippen molar-refractivity contribution in [3.63, 3.8) is 0 Å². The second-order valence-electron chi connectivity index (χ2n) is 4.30. The highest BCUT2D eigenvalue weighted by Gasteiger charge is 2.00. The molecule has 20 heavy (non-hydrogen) atoms. The topological polar surface area (TPSA) is 54.0 Å². The van der Waals surface area contributed by atoms with Crippen molar-refractivity contribution < 1.29 is 4.79 Å². The Morgan fingerprint density at radius 2 is 2.05 bits per heavy atom. The molecule has 1 aromatic heterocycles. The third kappa shape index (κ3) is 4.35. The zero-order valence-electron chi connectivity index (χ0n) is 11.2. The van der Waals surface area contributed by atoms with Gasteiger partial charge in [-0.15, -0.1) is 0 Å². The molecule has 0 saturated heterocycles. The van der Waals surface area contributed by atoms with Gasteiger partial charge in [-0.2, -0.15) is 0 Å². The summed E-state index contributed by atoms with van der Waals surface area (Å²) in [6, 6.07) is 11.6. The molecule has 2 rings (SSSR count). The van der Waals surface area contributed by atoms with E-state index in [-0.39, 0.29) is 5.91 Å². The summed E-state index contributed by atoms with van der Waals surface area (Å²) < 4.78 is 0.963. The van der Waals surface area contributed by atoms with Crippen molar-refractivity contribution in [3.05, 3.63) is 52.8 Å². The number of carbonyl (C=O) groups excluding carboxylic acids is 1. The van der Waals surface area contributed by atoms with Crippen LogP contribution in [0.3, 0.4) is 0 Å². The zero-order valence-corrected chi connectivity index (χ0v) is 12.8. The Kier molecular flexibility index (Phi) is 5.12. The molecular weight excluding hydrogens is 318 g/mol. The second kappa shape index (κ2) is 7.05. The minimum Gasteiger partial charge on any atom is -0.379 e. The van der Waals surface area contributed by atoms with Crippen molar-refractivity contribution in [2.75, 3.05) is 10.6 Å². The first-order valence-corrected chi connectivity index (χ1v) is 7.21. The zero-order chi connectivity index (χ0) is 14.4. The molecule has 0 atom stereocenters. The fraction of sp³-hybridized carbons (Fsp3) is 0.200. The second-order valence-corrected chi connectivity index (χ2v) is 5.22. The highest BCUT2D eigenvalue weighted by molar-refractivity contribution is 9.10. The van der Waals surface area contributed by atoms with Gasteiger partial charge in [0.25, 0.3) is 0 Å². The minimum absolute atomic E-state index is 0.0109. The minimum atomic E-state index is 0.0109. The van der Waals surface area contributed by atoms with Crippen LogP contribution in [0.5, 0.6) is 0 Å². The Morgan fingerprint density at radius 3 is 2.75 bits per heavy atom. The summed E-state index contributed by atoms with van der Waals surface area (Å²) in [5.74, 6) is 0.0109. The maximum absolute atomic E-state index is 11.4. The molecule has 2 N–H and O–H groups in total. The first-order valence-electron chi connectivity index (χ1n) is 6.41. The van der Waals surface area contributed by atoms with E-state index < -0.39 is 0 Å². The highest BCUT2D eigenvalue weighted by atomic mass is 79.9. The smallest absolute Gasteiger partial charge is 0.224 e. The molecule has 4 nitrogen and oxygen atoms in total. The third-order valence-corrected chi connectivity index (χ3v) is 3.20. The predicted octanol–water partition coefficient (Wildman–Crippen LogP) is 3.80. The first kappa shape index (κ1) is 14.5. The normalized spacial score (nSPS) is 10.1. The summed E-state index contributed by atoms with van der Waals surface area (Å²) in [5.41, 5.74) is 2.70. The van der Waals surface area contributed by atoms with Gasteiger partial charge in [-0.25, -0.2) is 0 Å². The third-order valence-electron chi connectivity index (χ3n) is 2.73. The molecular formula is C15H16BrN3O. The largest absolute Gasteiger partial charge is 0.379 e. The summed E-state index contributed by atoms with van der Waals surface area (Å²) in [7, 11) is 0. The van der Waals surface area contributed by atoms with Crippen molar-refractivity contribution in [1.29, 1.82) is 0 Å². The molecule has 0 radical (unpaired) electrons. The lowest BCUT2D eigenvalue weighted by Gasteiger charge is -2.09. The lowest BCUT2D eigenvalue weighted by Crippen LogP contribution is -2.09. The highest BCUT2D eigenvalue weighted by Crippen LogP contribution is 2.16. The maximum atomic E-state index is 11.4. The molecule has 0 aliphatic heterocycles. The number of nitrogens with zero attached hydrogens (tertiary/aromatic N) is 1. The quantitative estimate of drug-likeness (QED) is 0.874. The summed E-state index contributed by atoms with van der Waals surface area (Å²) in [6.07, 6.45) is 2.25. The summed E-state index contributed by atoms with van der Waals surface area (Å²) in [6.45, 7) is 2.47. The molecule has 0 aliphatic carbocycles. The Balaban J connectivity index is 1.97. The van der Waals surface area contributed by atoms with Crippen LogP contribution in [0, 0.1) is 0 Å². The van der Waals surface area contributed by atoms with Gasteiger partial charge in [0.1, 0.15) is 0 Å². The van der Waals surface area contributed by atoms with E-state index in [1.807, 2.05) is 43.3 Å². The predicted molar refractivity (Wildman–Crippen MR) is 84.6 cm³/mol. The molecule has 0 unspecified atom stereocenters. The van der Waals surface area contributed by atoms with Gasteiger partial charge in [-0.3, -0.25) is 9.78 Å². The van der Waals surface area contributed by atoms with Crippen LogP contribution in [0.25, 0.3) is 0 Å². The van der Waals surface area contributed by atoms with Gasteiger partial charge in [0.05, 0.1) is 12.2 Å². The fourth-order valence-corrected chi connectivity index (χ4v) is 1.89. The van der Waals surface area contributed by atoms with E-state index in [0.717, 1.165) is 21.5 Å². The lowest BCUT2D eigenvalue weighted by atomic mass is 10.2. The SMILES string of the molecule is CCC(=O)Nc1cccc(NCc2ccc(Br)cn2)c1. The van der Waals surface area contributed by atoms with Gasteiger partial charge in [0.2, 0.25) is 5.91 Å². The van der Waals surface area contributed by atoms with Gasteiger partial charge in [-0.1, -0.05) is 13.0 Å². The Bertz CT molecular complexity index is 584. The number of halogens is 1. The van der Waals surface area contributed by atoms with Crippen molar-refractivity contribution in [1.82, 2.24) is 4.98 Å². The molecule has 1 aromatic carbocycles.